The van der Waals surface area contributed by atoms with E-state index in [2.05, 4.69) is 35.1 Å². The van der Waals surface area contributed by atoms with Crippen LogP contribution < -0.4 is 5.32 Å². The molecular weight excluding hydrogens is 292 g/mol. The molecule has 1 aromatic carbocycles. The van der Waals surface area contributed by atoms with E-state index in [-0.39, 0.29) is 6.03 Å². The van der Waals surface area contributed by atoms with Gasteiger partial charge in [0.1, 0.15) is 0 Å². The summed E-state index contributed by atoms with van der Waals surface area (Å²) in [5.41, 5.74) is 1.10. The Morgan fingerprint density at radius 1 is 1.28 bits per heavy atom. The van der Waals surface area contributed by atoms with Crippen LogP contribution in [0.15, 0.2) is 28.7 Å². The van der Waals surface area contributed by atoms with Gasteiger partial charge in [0.2, 0.25) is 0 Å². The van der Waals surface area contributed by atoms with E-state index in [0.717, 1.165) is 36.0 Å². The maximum atomic E-state index is 12.0. The summed E-state index contributed by atoms with van der Waals surface area (Å²) in [4.78, 5) is 13.9. The van der Waals surface area contributed by atoms with E-state index in [1.54, 1.807) is 0 Å². The molecule has 1 rings (SSSR count). The minimum absolute atomic E-state index is 0.0266. The number of benzene rings is 1. The van der Waals surface area contributed by atoms with Gasteiger partial charge in [-0.25, -0.2) is 4.79 Å². The van der Waals surface area contributed by atoms with Crippen LogP contribution in [0.2, 0.25) is 0 Å². The summed E-state index contributed by atoms with van der Waals surface area (Å²) in [6.07, 6.45) is 1.98. The second-order valence-corrected chi connectivity index (χ2v) is 5.19. The highest BCUT2D eigenvalue weighted by molar-refractivity contribution is 9.10. The third-order valence-corrected chi connectivity index (χ3v) is 3.10. The SMILES string of the molecule is CCCN(CCC)C(=O)NCc1cccc(Br)c1. The van der Waals surface area contributed by atoms with Crippen LogP contribution in [0, 0.1) is 0 Å². The van der Waals surface area contributed by atoms with E-state index in [1.807, 2.05) is 29.2 Å². The summed E-state index contributed by atoms with van der Waals surface area (Å²) < 4.78 is 1.04. The molecule has 0 aliphatic heterocycles. The molecular formula is C14H21BrN2O. The van der Waals surface area contributed by atoms with Gasteiger partial charge in [-0.1, -0.05) is 41.9 Å². The number of hydrogen-bond donors (Lipinski definition) is 1. The van der Waals surface area contributed by atoms with Crippen LogP contribution in [-0.4, -0.2) is 24.0 Å². The summed E-state index contributed by atoms with van der Waals surface area (Å²) >= 11 is 3.42. The van der Waals surface area contributed by atoms with E-state index >= 15 is 0 Å². The molecule has 0 bridgehead atoms. The lowest BCUT2D eigenvalue weighted by Crippen LogP contribution is -2.40. The normalized spacial score (nSPS) is 10.2. The first-order valence-corrected chi connectivity index (χ1v) is 7.23. The van der Waals surface area contributed by atoms with Crippen LogP contribution in [0.3, 0.4) is 0 Å². The number of nitrogens with zero attached hydrogens (tertiary/aromatic N) is 1. The Hall–Kier alpha value is -1.03. The van der Waals surface area contributed by atoms with Crippen molar-refractivity contribution in [1.82, 2.24) is 10.2 Å². The molecule has 0 aliphatic carbocycles. The molecule has 0 fully saturated rings. The summed E-state index contributed by atoms with van der Waals surface area (Å²) in [5.74, 6) is 0. The fourth-order valence-electron chi connectivity index (χ4n) is 1.79. The second-order valence-electron chi connectivity index (χ2n) is 4.28. The smallest absolute Gasteiger partial charge is 0.317 e. The van der Waals surface area contributed by atoms with E-state index in [9.17, 15) is 4.79 Å². The number of hydrogen-bond acceptors (Lipinski definition) is 1. The summed E-state index contributed by atoms with van der Waals surface area (Å²) in [5, 5.41) is 2.96. The Balaban J connectivity index is 2.48. The van der Waals surface area contributed by atoms with Crippen molar-refractivity contribution in [2.24, 2.45) is 0 Å². The number of amides is 2. The molecule has 0 aromatic heterocycles. The number of rotatable bonds is 6. The molecule has 0 heterocycles. The lowest BCUT2D eigenvalue weighted by Gasteiger charge is -2.21. The first-order valence-electron chi connectivity index (χ1n) is 6.44. The predicted molar refractivity (Wildman–Crippen MR) is 78.5 cm³/mol. The summed E-state index contributed by atoms with van der Waals surface area (Å²) in [6.45, 7) is 6.38. The van der Waals surface area contributed by atoms with Crippen molar-refractivity contribution < 1.29 is 4.79 Å². The Labute approximate surface area is 118 Å². The molecule has 100 valence electrons. The highest BCUT2D eigenvalue weighted by Crippen LogP contribution is 2.11. The van der Waals surface area contributed by atoms with Gasteiger partial charge in [-0.3, -0.25) is 0 Å². The molecule has 3 nitrogen and oxygen atoms in total. The van der Waals surface area contributed by atoms with Crippen LogP contribution in [0.1, 0.15) is 32.3 Å². The van der Waals surface area contributed by atoms with Crippen LogP contribution >= 0.6 is 15.9 Å². The Morgan fingerprint density at radius 3 is 2.50 bits per heavy atom. The second kappa shape index (κ2) is 8.14. The quantitative estimate of drug-likeness (QED) is 0.851. The number of carbonyl (C=O) groups is 1. The van der Waals surface area contributed by atoms with Gasteiger partial charge in [-0.15, -0.1) is 0 Å². The zero-order chi connectivity index (χ0) is 13.4. The van der Waals surface area contributed by atoms with Gasteiger partial charge in [0.05, 0.1) is 0 Å². The summed E-state index contributed by atoms with van der Waals surface area (Å²) in [6, 6.07) is 8.01. The number of carbonyl (C=O) groups excluding carboxylic acids is 1. The van der Waals surface area contributed by atoms with Crippen molar-refractivity contribution in [3.63, 3.8) is 0 Å². The van der Waals surface area contributed by atoms with Gasteiger partial charge >= 0.3 is 6.03 Å². The maximum Gasteiger partial charge on any atom is 0.317 e. The molecule has 0 aliphatic rings. The molecule has 4 heteroatoms. The Morgan fingerprint density at radius 2 is 1.94 bits per heavy atom. The van der Waals surface area contributed by atoms with Crippen molar-refractivity contribution in [3.05, 3.63) is 34.3 Å². The molecule has 0 spiro atoms. The van der Waals surface area contributed by atoms with Gasteiger partial charge in [-0.2, -0.15) is 0 Å². The monoisotopic (exact) mass is 312 g/mol. The van der Waals surface area contributed by atoms with E-state index < -0.39 is 0 Å². The number of nitrogens with one attached hydrogen (secondary N) is 1. The summed E-state index contributed by atoms with van der Waals surface area (Å²) in [7, 11) is 0. The van der Waals surface area contributed by atoms with Gasteiger partial charge in [0.15, 0.2) is 0 Å². The van der Waals surface area contributed by atoms with Gasteiger partial charge in [0, 0.05) is 24.1 Å². The van der Waals surface area contributed by atoms with Crippen LogP contribution in [0.4, 0.5) is 4.79 Å². The lowest BCUT2D eigenvalue weighted by molar-refractivity contribution is 0.197. The van der Waals surface area contributed by atoms with E-state index in [1.165, 1.54) is 0 Å². The standard InChI is InChI=1S/C14H21BrN2O/c1-3-8-17(9-4-2)14(18)16-11-12-6-5-7-13(15)10-12/h5-7,10H,3-4,8-9,11H2,1-2H3,(H,16,18). The minimum Gasteiger partial charge on any atom is -0.334 e. The van der Waals surface area contributed by atoms with Crippen molar-refractivity contribution in [2.45, 2.75) is 33.2 Å². The number of halogens is 1. The zero-order valence-electron chi connectivity index (χ0n) is 11.1. The van der Waals surface area contributed by atoms with Crippen molar-refractivity contribution >= 4 is 22.0 Å². The van der Waals surface area contributed by atoms with Gasteiger partial charge in [0.25, 0.3) is 0 Å². The maximum absolute atomic E-state index is 12.0. The molecule has 18 heavy (non-hydrogen) atoms. The molecule has 0 unspecified atom stereocenters. The first kappa shape index (κ1) is 15.0. The van der Waals surface area contributed by atoms with Crippen molar-refractivity contribution in [3.8, 4) is 0 Å². The molecule has 2 amide bonds. The average Bonchev–Trinajstić information content (AvgIpc) is 2.36. The fraction of sp³-hybridized carbons (Fsp3) is 0.500. The highest BCUT2D eigenvalue weighted by Gasteiger charge is 2.10. The molecule has 1 aromatic rings. The van der Waals surface area contributed by atoms with Crippen LogP contribution in [0.5, 0.6) is 0 Å². The molecule has 0 atom stereocenters. The number of urea groups is 1. The predicted octanol–water partition coefficient (Wildman–Crippen LogP) is 3.78. The van der Waals surface area contributed by atoms with Crippen LogP contribution in [0.25, 0.3) is 0 Å². The van der Waals surface area contributed by atoms with Crippen molar-refractivity contribution in [2.75, 3.05) is 13.1 Å². The van der Waals surface area contributed by atoms with Crippen LogP contribution in [-0.2, 0) is 6.54 Å². The average molecular weight is 313 g/mol. The molecule has 0 saturated carbocycles. The Bertz CT molecular complexity index is 376. The largest absolute Gasteiger partial charge is 0.334 e. The molecule has 0 radical (unpaired) electrons. The molecule has 1 N–H and O–H groups in total. The first-order chi connectivity index (χ1) is 8.67. The third-order valence-electron chi connectivity index (χ3n) is 2.61. The van der Waals surface area contributed by atoms with E-state index in [4.69, 9.17) is 0 Å². The topological polar surface area (TPSA) is 32.3 Å². The minimum atomic E-state index is 0.0266. The Kier molecular flexibility index (Phi) is 6.80. The van der Waals surface area contributed by atoms with Crippen molar-refractivity contribution in [1.29, 1.82) is 0 Å². The third kappa shape index (κ3) is 5.08. The highest BCUT2D eigenvalue weighted by atomic mass is 79.9. The van der Waals surface area contributed by atoms with Gasteiger partial charge in [-0.05, 0) is 30.5 Å². The fourth-order valence-corrected chi connectivity index (χ4v) is 2.24. The van der Waals surface area contributed by atoms with E-state index in [0.29, 0.717) is 6.54 Å². The zero-order valence-corrected chi connectivity index (χ0v) is 12.7. The van der Waals surface area contributed by atoms with Gasteiger partial charge < -0.3 is 10.2 Å². The molecule has 0 saturated heterocycles. The lowest BCUT2D eigenvalue weighted by atomic mass is 10.2.